The highest BCUT2D eigenvalue weighted by Gasteiger charge is 2.15. The number of anilines is 1. The summed E-state index contributed by atoms with van der Waals surface area (Å²) in [4.78, 5) is 15.0. The van der Waals surface area contributed by atoms with Gasteiger partial charge in [-0.2, -0.15) is 0 Å². The molecular weight excluding hydrogens is 262 g/mol. The van der Waals surface area contributed by atoms with Crippen LogP contribution in [-0.2, 0) is 6.54 Å². The van der Waals surface area contributed by atoms with Gasteiger partial charge in [-0.05, 0) is 38.0 Å². The number of thiazole rings is 1. The first-order chi connectivity index (χ1) is 8.97. The van der Waals surface area contributed by atoms with Crippen molar-refractivity contribution in [1.29, 1.82) is 0 Å². The molecule has 0 aliphatic rings. The van der Waals surface area contributed by atoms with Crippen molar-refractivity contribution in [2.45, 2.75) is 27.3 Å². The molecule has 2 aromatic rings. The Morgan fingerprint density at radius 1 is 1.32 bits per heavy atom. The summed E-state index contributed by atoms with van der Waals surface area (Å²) in [5.41, 5.74) is 3.57. The third kappa shape index (κ3) is 3.08. The van der Waals surface area contributed by atoms with Crippen LogP contribution in [0, 0.1) is 30.9 Å². The summed E-state index contributed by atoms with van der Waals surface area (Å²) in [7, 11) is 0. The second kappa shape index (κ2) is 5.36. The lowest BCUT2D eigenvalue weighted by atomic mass is 10.1. The van der Waals surface area contributed by atoms with Gasteiger partial charge in [-0.15, -0.1) is 11.3 Å². The van der Waals surface area contributed by atoms with Crippen molar-refractivity contribution in [2.75, 3.05) is 5.32 Å². The number of aryl methyl sites for hydroxylation is 3. The lowest BCUT2D eigenvalue weighted by Crippen LogP contribution is -2.03. The molecule has 0 spiro atoms. The van der Waals surface area contributed by atoms with E-state index in [0.29, 0.717) is 12.2 Å². The molecule has 0 amide bonds. The number of aromatic nitrogens is 1. The van der Waals surface area contributed by atoms with Gasteiger partial charge in [-0.1, -0.05) is 0 Å². The average molecular weight is 277 g/mol. The molecule has 1 N–H and O–H groups in total. The molecule has 1 aromatic heterocycles. The third-order valence-corrected chi connectivity index (χ3v) is 3.87. The summed E-state index contributed by atoms with van der Waals surface area (Å²) in [6.07, 6.45) is 0. The first-order valence-electron chi connectivity index (χ1n) is 5.88. The zero-order valence-electron chi connectivity index (χ0n) is 11.1. The van der Waals surface area contributed by atoms with E-state index in [2.05, 4.69) is 10.3 Å². The van der Waals surface area contributed by atoms with Gasteiger partial charge in [-0.3, -0.25) is 10.1 Å². The SMILES string of the molecule is Cc1csc(CNc2cc(C)c(C)cc2[N+](=O)[O-])n1. The van der Waals surface area contributed by atoms with Gasteiger partial charge in [0.15, 0.2) is 0 Å². The van der Waals surface area contributed by atoms with E-state index < -0.39 is 0 Å². The van der Waals surface area contributed by atoms with Gasteiger partial charge in [0.2, 0.25) is 0 Å². The Morgan fingerprint density at radius 3 is 2.58 bits per heavy atom. The van der Waals surface area contributed by atoms with Crippen molar-refractivity contribution in [1.82, 2.24) is 4.98 Å². The van der Waals surface area contributed by atoms with Crippen LogP contribution in [0.4, 0.5) is 11.4 Å². The quantitative estimate of drug-likeness (QED) is 0.685. The predicted molar refractivity (Wildman–Crippen MR) is 76.7 cm³/mol. The molecule has 0 radical (unpaired) electrons. The number of hydrogen-bond acceptors (Lipinski definition) is 5. The van der Waals surface area contributed by atoms with Gasteiger partial charge >= 0.3 is 0 Å². The highest BCUT2D eigenvalue weighted by Crippen LogP contribution is 2.28. The number of rotatable bonds is 4. The fraction of sp³-hybridized carbons (Fsp3) is 0.308. The van der Waals surface area contributed by atoms with E-state index in [4.69, 9.17) is 0 Å². The van der Waals surface area contributed by atoms with Crippen LogP contribution in [0.5, 0.6) is 0 Å². The Labute approximate surface area is 115 Å². The standard InChI is InChI=1S/C13H15N3O2S/c1-8-4-11(12(16(17)18)5-9(8)2)14-6-13-15-10(3)7-19-13/h4-5,7,14H,6H2,1-3H3. The number of hydrogen-bond donors (Lipinski definition) is 1. The van der Waals surface area contributed by atoms with Crippen molar-refractivity contribution < 1.29 is 4.92 Å². The van der Waals surface area contributed by atoms with Crippen molar-refractivity contribution in [2.24, 2.45) is 0 Å². The molecule has 0 unspecified atom stereocenters. The molecule has 19 heavy (non-hydrogen) atoms. The molecule has 0 fully saturated rings. The molecule has 0 saturated heterocycles. The van der Waals surface area contributed by atoms with Crippen LogP contribution in [0.3, 0.4) is 0 Å². The minimum absolute atomic E-state index is 0.108. The van der Waals surface area contributed by atoms with Crippen LogP contribution in [-0.4, -0.2) is 9.91 Å². The van der Waals surface area contributed by atoms with Crippen LogP contribution in [0.15, 0.2) is 17.5 Å². The smallest absolute Gasteiger partial charge is 0.292 e. The van der Waals surface area contributed by atoms with Crippen LogP contribution in [0.1, 0.15) is 21.8 Å². The van der Waals surface area contributed by atoms with Crippen LogP contribution in [0.2, 0.25) is 0 Å². The zero-order valence-corrected chi connectivity index (χ0v) is 11.9. The second-order valence-electron chi connectivity index (χ2n) is 4.45. The van der Waals surface area contributed by atoms with E-state index >= 15 is 0 Å². The summed E-state index contributed by atoms with van der Waals surface area (Å²) in [6.45, 7) is 6.24. The molecule has 0 aliphatic carbocycles. The summed E-state index contributed by atoms with van der Waals surface area (Å²) in [5.74, 6) is 0. The van der Waals surface area contributed by atoms with Gasteiger partial charge in [0, 0.05) is 17.1 Å². The summed E-state index contributed by atoms with van der Waals surface area (Å²) in [5, 5.41) is 17.0. The number of nitrogens with zero attached hydrogens (tertiary/aromatic N) is 2. The van der Waals surface area contributed by atoms with E-state index in [9.17, 15) is 10.1 Å². The first-order valence-corrected chi connectivity index (χ1v) is 6.76. The molecule has 0 atom stereocenters. The molecule has 0 saturated carbocycles. The molecule has 100 valence electrons. The van der Waals surface area contributed by atoms with E-state index in [0.717, 1.165) is 21.8 Å². The zero-order chi connectivity index (χ0) is 14.0. The molecule has 1 aromatic carbocycles. The Balaban J connectivity index is 2.23. The third-order valence-electron chi connectivity index (χ3n) is 2.91. The highest BCUT2D eigenvalue weighted by molar-refractivity contribution is 7.09. The number of nitro benzene ring substituents is 1. The van der Waals surface area contributed by atoms with E-state index in [1.165, 1.54) is 0 Å². The monoisotopic (exact) mass is 277 g/mol. The van der Waals surface area contributed by atoms with Gasteiger partial charge < -0.3 is 5.32 Å². The van der Waals surface area contributed by atoms with E-state index in [1.54, 1.807) is 17.4 Å². The molecule has 5 nitrogen and oxygen atoms in total. The number of benzene rings is 1. The Morgan fingerprint density at radius 2 is 2.00 bits per heavy atom. The fourth-order valence-corrected chi connectivity index (χ4v) is 2.46. The lowest BCUT2D eigenvalue weighted by molar-refractivity contribution is -0.384. The number of nitrogens with one attached hydrogen (secondary N) is 1. The van der Waals surface area contributed by atoms with E-state index in [-0.39, 0.29) is 10.6 Å². The van der Waals surface area contributed by atoms with Gasteiger partial charge in [0.1, 0.15) is 10.7 Å². The lowest BCUT2D eigenvalue weighted by Gasteiger charge is -2.08. The molecule has 0 aliphatic heterocycles. The molecular formula is C13H15N3O2S. The highest BCUT2D eigenvalue weighted by atomic mass is 32.1. The Hall–Kier alpha value is -1.95. The minimum Gasteiger partial charge on any atom is -0.373 e. The van der Waals surface area contributed by atoms with Gasteiger partial charge in [0.25, 0.3) is 5.69 Å². The van der Waals surface area contributed by atoms with Crippen molar-refractivity contribution >= 4 is 22.7 Å². The van der Waals surface area contributed by atoms with Crippen molar-refractivity contribution in [3.8, 4) is 0 Å². The second-order valence-corrected chi connectivity index (χ2v) is 5.39. The van der Waals surface area contributed by atoms with Crippen molar-refractivity contribution in [3.63, 3.8) is 0 Å². The fourth-order valence-electron chi connectivity index (χ4n) is 1.75. The minimum atomic E-state index is -0.359. The van der Waals surface area contributed by atoms with E-state index in [1.807, 2.05) is 32.2 Å². The van der Waals surface area contributed by atoms with Crippen molar-refractivity contribution in [3.05, 3.63) is 49.5 Å². The average Bonchev–Trinajstić information content (AvgIpc) is 2.76. The molecule has 0 bridgehead atoms. The molecule has 6 heteroatoms. The largest absolute Gasteiger partial charge is 0.373 e. The van der Waals surface area contributed by atoms with Crippen LogP contribution < -0.4 is 5.32 Å². The Kier molecular flexibility index (Phi) is 3.80. The summed E-state index contributed by atoms with van der Waals surface area (Å²) in [6, 6.07) is 3.42. The summed E-state index contributed by atoms with van der Waals surface area (Å²) < 4.78 is 0. The van der Waals surface area contributed by atoms with Crippen LogP contribution >= 0.6 is 11.3 Å². The van der Waals surface area contributed by atoms with Gasteiger partial charge in [0.05, 0.1) is 11.5 Å². The van der Waals surface area contributed by atoms with Gasteiger partial charge in [-0.25, -0.2) is 4.98 Å². The molecule has 2 rings (SSSR count). The number of nitro groups is 1. The normalized spacial score (nSPS) is 10.5. The first kappa shape index (κ1) is 13.5. The maximum atomic E-state index is 11.1. The molecule has 1 heterocycles. The van der Waals surface area contributed by atoms with Crippen LogP contribution in [0.25, 0.3) is 0 Å². The maximum Gasteiger partial charge on any atom is 0.292 e. The predicted octanol–water partition coefficient (Wildman–Crippen LogP) is 3.59. The topological polar surface area (TPSA) is 68.1 Å². The summed E-state index contributed by atoms with van der Waals surface area (Å²) >= 11 is 1.55. The maximum absolute atomic E-state index is 11.1. The Bertz CT molecular complexity index is 622.